The zero-order chi connectivity index (χ0) is 10.2. The fraction of sp³-hybridized carbons (Fsp3) is 1.00. The molecule has 1 saturated heterocycles. The van der Waals surface area contributed by atoms with Gasteiger partial charge in [0.05, 0.1) is 11.2 Å². The zero-order valence-electron chi connectivity index (χ0n) is 9.89. The van der Waals surface area contributed by atoms with Crippen molar-refractivity contribution in [2.45, 2.75) is 88.3 Å². The highest BCUT2D eigenvalue weighted by molar-refractivity contribution is 4.99. The van der Waals surface area contributed by atoms with E-state index in [0.717, 1.165) is 0 Å². The third kappa shape index (κ3) is 1.84. The monoisotopic (exact) mass is 208 g/mol. The van der Waals surface area contributed by atoms with E-state index in [4.69, 9.17) is 4.74 Å². The minimum atomic E-state index is 0.343. The molecular weight excluding hydrogens is 184 g/mol. The van der Waals surface area contributed by atoms with Crippen LogP contribution in [0.2, 0.25) is 0 Å². The van der Waals surface area contributed by atoms with Crippen LogP contribution in [0.4, 0.5) is 0 Å². The first-order valence-electron chi connectivity index (χ1n) is 7.03. The van der Waals surface area contributed by atoms with E-state index in [-0.39, 0.29) is 0 Å². The molecule has 3 aliphatic rings. The molecule has 86 valence electrons. The van der Waals surface area contributed by atoms with Crippen LogP contribution in [0, 0.1) is 0 Å². The van der Waals surface area contributed by atoms with Gasteiger partial charge in [-0.05, 0) is 38.5 Å². The second-order valence-corrected chi connectivity index (χ2v) is 6.09. The van der Waals surface area contributed by atoms with E-state index in [2.05, 4.69) is 0 Å². The maximum absolute atomic E-state index is 6.62. The Morgan fingerprint density at radius 2 is 0.867 bits per heavy atom. The van der Waals surface area contributed by atoms with Gasteiger partial charge in [-0.15, -0.1) is 0 Å². The molecule has 0 amide bonds. The Morgan fingerprint density at radius 3 is 1.27 bits per heavy atom. The predicted molar refractivity (Wildman–Crippen MR) is 62.0 cm³/mol. The molecule has 0 aromatic carbocycles. The van der Waals surface area contributed by atoms with Gasteiger partial charge in [0.15, 0.2) is 0 Å². The molecule has 0 radical (unpaired) electrons. The molecule has 1 heterocycles. The van der Waals surface area contributed by atoms with Crippen molar-refractivity contribution >= 4 is 0 Å². The molecule has 3 fully saturated rings. The second-order valence-electron chi connectivity index (χ2n) is 6.09. The molecule has 0 unspecified atom stereocenters. The second kappa shape index (κ2) is 3.76. The molecule has 0 N–H and O–H groups in total. The predicted octanol–water partition coefficient (Wildman–Crippen LogP) is 4.20. The lowest BCUT2D eigenvalue weighted by Crippen LogP contribution is -2.38. The van der Waals surface area contributed by atoms with Crippen molar-refractivity contribution in [2.75, 3.05) is 0 Å². The fourth-order valence-electron chi connectivity index (χ4n) is 4.11. The molecule has 1 nitrogen and oxygen atoms in total. The van der Waals surface area contributed by atoms with E-state index < -0.39 is 0 Å². The zero-order valence-corrected chi connectivity index (χ0v) is 9.89. The van der Waals surface area contributed by atoms with Crippen molar-refractivity contribution in [1.82, 2.24) is 0 Å². The highest BCUT2D eigenvalue weighted by Crippen LogP contribution is 2.51. The topological polar surface area (TPSA) is 9.23 Å². The van der Waals surface area contributed by atoms with Gasteiger partial charge in [0.2, 0.25) is 0 Å². The maximum atomic E-state index is 6.62. The Hall–Kier alpha value is -0.0400. The maximum Gasteiger partial charge on any atom is 0.0691 e. The molecule has 1 heteroatoms. The minimum Gasteiger partial charge on any atom is -0.369 e. The SMILES string of the molecule is C1CCC2(CC1)CCC1(CCCCC1)O2. The van der Waals surface area contributed by atoms with E-state index in [9.17, 15) is 0 Å². The van der Waals surface area contributed by atoms with Crippen molar-refractivity contribution in [3.8, 4) is 0 Å². The van der Waals surface area contributed by atoms with Crippen molar-refractivity contribution < 1.29 is 4.74 Å². The summed E-state index contributed by atoms with van der Waals surface area (Å²) in [4.78, 5) is 0. The summed E-state index contributed by atoms with van der Waals surface area (Å²) >= 11 is 0. The van der Waals surface area contributed by atoms with Crippen LogP contribution in [0.15, 0.2) is 0 Å². The smallest absolute Gasteiger partial charge is 0.0691 e. The van der Waals surface area contributed by atoms with Crippen LogP contribution >= 0.6 is 0 Å². The summed E-state index contributed by atoms with van der Waals surface area (Å²) < 4.78 is 6.62. The van der Waals surface area contributed by atoms with Crippen molar-refractivity contribution in [3.05, 3.63) is 0 Å². The quantitative estimate of drug-likeness (QED) is 0.579. The molecule has 2 aliphatic carbocycles. The molecule has 1 aliphatic heterocycles. The van der Waals surface area contributed by atoms with Crippen LogP contribution in [0.5, 0.6) is 0 Å². The van der Waals surface area contributed by atoms with Gasteiger partial charge < -0.3 is 4.74 Å². The van der Waals surface area contributed by atoms with Crippen LogP contribution in [0.3, 0.4) is 0 Å². The molecular formula is C14H24O. The molecule has 0 aromatic rings. The van der Waals surface area contributed by atoms with Gasteiger partial charge in [-0.25, -0.2) is 0 Å². The number of hydrogen-bond donors (Lipinski definition) is 0. The van der Waals surface area contributed by atoms with E-state index >= 15 is 0 Å². The van der Waals surface area contributed by atoms with Gasteiger partial charge in [-0.3, -0.25) is 0 Å². The number of rotatable bonds is 0. The van der Waals surface area contributed by atoms with Gasteiger partial charge in [0.25, 0.3) is 0 Å². The molecule has 15 heavy (non-hydrogen) atoms. The summed E-state index contributed by atoms with van der Waals surface area (Å²) in [7, 11) is 0. The first-order valence-corrected chi connectivity index (χ1v) is 7.03. The fourth-order valence-corrected chi connectivity index (χ4v) is 4.11. The Bertz CT molecular complexity index is 197. The summed E-state index contributed by atoms with van der Waals surface area (Å²) in [5, 5.41) is 0. The van der Waals surface area contributed by atoms with E-state index in [1.807, 2.05) is 0 Å². The average Bonchev–Trinajstić information content (AvgIpc) is 2.60. The van der Waals surface area contributed by atoms with Crippen LogP contribution < -0.4 is 0 Å². The van der Waals surface area contributed by atoms with Crippen molar-refractivity contribution in [3.63, 3.8) is 0 Å². The van der Waals surface area contributed by atoms with Crippen molar-refractivity contribution in [2.24, 2.45) is 0 Å². The largest absolute Gasteiger partial charge is 0.369 e. The highest BCUT2D eigenvalue weighted by atomic mass is 16.5. The van der Waals surface area contributed by atoms with Crippen LogP contribution in [0.1, 0.15) is 77.0 Å². The third-order valence-electron chi connectivity index (χ3n) is 5.00. The first-order chi connectivity index (χ1) is 7.33. The first kappa shape index (κ1) is 10.1. The number of hydrogen-bond acceptors (Lipinski definition) is 1. The summed E-state index contributed by atoms with van der Waals surface area (Å²) in [6.45, 7) is 0. The molecule has 2 spiro atoms. The van der Waals surface area contributed by atoms with E-state index in [1.54, 1.807) is 0 Å². The van der Waals surface area contributed by atoms with Gasteiger partial charge in [-0.2, -0.15) is 0 Å². The summed E-state index contributed by atoms with van der Waals surface area (Å²) in [6.07, 6.45) is 16.7. The Labute approximate surface area is 93.6 Å². The third-order valence-corrected chi connectivity index (χ3v) is 5.00. The lowest BCUT2D eigenvalue weighted by Gasteiger charge is -2.39. The Morgan fingerprint density at radius 1 is 0.467 bits per heavy atom. The van der Waals surface area contributed by atoms with E-state index in [1.165, 1.54) is 77.0 Å². The lowest BCUT2D eigenvalue weighted by atomic mass is 9.80. The van der Waals surface area contributed by atoms with Gasteiger partial charge >= 0.3 is 0 Å². The molecule has 2 saturated carbocycles. The minimum absolute atomic E-state index is 0.343. The van der Waals surface area contributed by atoms with E-state index in [0.29, 0.717) is 11.2 Å². The Balaban J connectivity index is 1.70. The Kier molecular flexibility index (Phi) is 2.54. The summed E-state index contributed by atoms with van der Waals surface area (Å²) in [6, 6.07) is 0. The van der Waals surface area contributed by atoms with Gasteiger partial charge in [-0.1, -0.05) is 38.5 Å². The van der Waals surface area contributed by atoms with Gasteiger partial charge in [0, 0.05) is 0 Å². The highest BCUT2D eigenvalue weighted by Gasteiger charge is 2.49. The molecule has 0 atom stereocenters. The molecule has 0 aromatic heterocycles. The van der Waals surface area contributed by atoms with Crippen LogP contribution in [0.25, 0.3) is 0 Å². The lowest BCUT2D eigenvalue weighted by molar-refractivity contribution is -0.133. The summed E-state index contributed by atoms with van der Waals surface area (Å²) in [5.74, 6) is 0. The molecule has 0 bridgehead atoms. The average molecular weight is 208 g/mol. The standard InChI is InChI=1S/C14H24O/c1-3-7-13(8-4-1)11-12-14(15-13)9-5-2-6-10-14/h1-12H2. The number of ether oxygens (including phenoxy) is 1. The summed E-state index contributed by atoms with van der Waals surface area (Å²) in [5.41, 5.74) is 0.686. The van der Waals surface area contributed by atoms with Gasteiger partial charge in [0.1, 0.15) is 0 Å². The van der Waals surface area contributed by atoms with Crippen LogP contribution in [-0.2, 0) is 4.74 Å². The normalized spacial score (nSPS) is 33.6. The van der Waals surface area contributed by atoms with Crippen LogP contribution in [-0.4, -0.2) is 11.2 Å². The van der Waals surface area contributed by atoms with Crippen molar-refractivity contribution in [1.29, 1.82) is 0 Å². The molecule has 3 rings (SSSR count).